The van der Waals surface area contributed by atoms with E-state index in [1.54, 1.807) is 50.4 Å². The number of methoxy groups -OCH3 is 2. The lowest BCUT2D eigenvalue weighted by molar-refractivity contribution is -0.136. The maximum atomic E-state index is 13.3. The van der Waals surface area contributed by atoms with Crippen molar-refractivity contribution in [2.75, 3.05) is 60.7 Å². The average Bonchev–Trinajstić information content (AvgIpc) is 3.90. The first kappa shape index (κ1) is 41.6. The highest BCUT2D eigenvalue weighted by atomic mass is 16.5. The number of benzene rings is 2. The van der Waals surface area contributed by atoms with E-state index in [0.717, 1.165) is 59.5 Å². The number of aryl methyl sites for hydroxylation is 1. The van der Waals surface area contributed by atoms with E-state index in [-0.39, 0.29) is 67.4 Å². The lowest BCUT2D eigenvalue weighted by Crippen LogP contribution is -2.54. The number of nitrogens with one attached hydrogen (secondary N) is 1. The van der Waals surface area contributed by atoms with Crippen LogP contribution in [-0.2, 0) is 32.7 Å². The van der Waals surface area contributed by atoms with Crippen LogP contribution in [0.25, 0.3) is 21.9 Å². The van der Waals surface area contributed by atoms with Crippen LogP contribution in [0.1, 0.15) is 58.4 Å². The molecule has 4 aliphatic rings. The molecule has 3 fully saturated rings. The van der Waals surface area contributed by atoms with Crippen LogP contribution in [0.5, 0.6) is 17.2 Å². The van der Waals surface area contributed by atoms with Gasteiger partial charge < -0.3 is 33.3 Å². The highest BCUT2D eigenvalue weighted by molar-refractivity contribution is 6.24. The quantitative estimate of drug-likeness (QED) is 0.137. The van der Waals surface area contributed by atoms with Crippen LogP contribution in [0.4, 0.5) is 0 Å². The molecular formula is C45H50N6O10. The summed E-state index contributed by atoms with van der Waals surface area (Å²) >= 11 is 0. The van der Waals surface area contributed by atoms with E-state index in [2.05, 4.69) is 22.2 Å². The van der Waals surface area contributed by atoms with Gasteiger partial charge in [-0.3, -0.25) is 44.0 Å². The van der Waals surface area contributed by atoms with Crippen molar-refractivity contribution in [2.45, 2.75) is 44.7 Å². The number of fused-ring (bicyclic) bond motifs is 3. The minimum atomic E-state index is -1.06. The number of carbonyl (C=O) groups is 5. The Balaban J connectivity index is 0.783. The fourth-order valence-electron chi connectivity index (χ4n) is 9.62. The first-order chi connectivity index (χ1) is 29.4. The fraction of sp³-hybridized carbons (Fsp3) is 0.444. The van der Waals surface area contributed by atoms with Crippen LogP contribution < -0.4 is 25.1 Å². The lowest BCUT2D eigenvalue weighted by atomic mass is 9.98. The topological polar surface area (TPSA) is 179 Å². The van der Waals surface area contributed by atoms with Gasteiger partial charge in [-0.2, -0.15) is 0 Å². The monoisotopic (exact) mass is 834 g/mol. The molecule has 2 saturated heterocycles. The van der Waals surface area contributed by atoms with Gasteiger partial charge >= 0.3 is 0 Å². The highest BCUT2D eigenvalue weighted by Gasteiger charge is 2.46. The maximum Gasteiger partial charge on any atom is 0.266 e. The Morgan fingerprint density at radius 3 is 2.34 bits per heavy atom. The van der Waals surface area contributed by atoms with E-state index >= 15 is 0 Å². The normalized spacial score (nSPS) is 21.0. The minimum Gasteiger partial charge on any atom is -0.496 e. The number of rotatable bonds is 15. The molecule has 16 heteroatoms. The van der Waals surface area contributed by atoms with Crippen LogP contribution in [0, 0.1) is 17.8 Å². The molecule has 3 aliphatic heterocycles. The number of pyridine rings is 2. The molecule has 2 aromatic heterocycles. The summed E-state index contributed by atoms with van der Waals surface area (Å²) in [4.78, 5) is 85.7. The summed E-state index contributed by atoms with van der Waals surface area (Å²) in [5.41, 5.74) is 2.83. The summed E-state index contributed by atoms with van der Waals surface area (Å²) in [6.45, 7) is 3.50. The molecule has 0 radical (unpaired) electrons. The number of piperidine rings is 1. The number of imide groups is 2. The van der Waals surface area contributed by atoms with Crippen molar-refractivity contribution in [3.63, 3.8) is 0 Å². The Bertz CT molecular complexity index is 2430. The molecule has 0 spiro atoms. The van der Waals surface area contributed by atoms with Crippen LogP contribution in [0.3, 0.4) is 0 Å². The molecule has 16 nitrogen and oxygen atoms in total. The van der Waals surface area contributed by atoms with Crippen LogP contribution in [-0.4, -0.2) is 121 Å². The van der Waals surface area contributed by atoms with Gasteiger partial charge in [-0.15, -0.1) is 0 Å². The van der Waals surface area contributed by atoms with Crippen LogP contribution in [0.2, 0.25) is 0 Å². The first-order valence-electron chi connectivity index (χ1n) is 20.7. The predicted octanol–water partition coefficient (Wildman–Crippen LogP) is 3.42. The SMILES string of the molecule is COc1cc(-c2cn(C)c(=O)c3cnccc23)cc(OC)c1CN(C)CC1CC2CN(C(=O)CCOCCOc3cccc4c3C(=O)N(C3CCC(=O)NC3=O)C4=O)CC2C1. The molecule has 320 valence electrons. The van der Waals surface area contributed by atoms with Gasteiger partial charge in [0.1, 0.15) is 29.9 Å². The third-order valence-electron chi connectivity index (χ3n) is 12.5. The van der Waals surface area contributed by atoms with E-state index in [4.69, 9.17) is 18.9 Å². The standard InChI is InChI=1S/C45H50N6O10/c1-48(24-34-37(58-3)18-27(19-38(34)59-4)33-25-49(2)43(55)32-20-46-12-10-30(32)33)21-26-16-28-22-50(23-29(28)17-26)40(53)11-13-60-14-15-61-36-7-5-6-31-41(36)45(57)51(44(31)56)35-8-9-39(52)47-42(35)54/h5-7,10,12,18-20,25-26,28-29,35H,8-9,11,13-17,21-24H2,1-4H3,(H,47,52,54). The third-order valence-corrected chi connectivity index (χ3v) is 12.5. The van der Waals surface area contributed by atoms with Crippen molar-refractivity contribution in [1.82, 2.24) is 29.6 Å². The molecule has 61 heavy (non-hydrogen) atoms. The maximum absolute atomic E-state index is 13.3. The van der Waals surface area contributed by atoms with E-state index in [9.17, 15) is 28.8 Å². The molecule has 1 N–H and O–H groups in total. The van der Waals surface area contributed by atoms with E-state index in [0.29, 0.717) is 41.2 Å². The largest absolute Gasteiger partial charge is 0.496 e. The van der Waals surface area contributed by atoms with Crippen molar-refractivity contribution in [1.29, 1.82) is 0 Å². The number of aromatic nitrogens is 2. The number of hydrogen-bond acceptors (Lipinski definition) is 12. The fourth-order valence-corrected chi connectivity index (χ4v) is 9.62. The number of nitrogens with zero attached hydrogens (tertiary/aromatic N) is 5. The van der Waals surface area contributed by atoms with Gasteiger partial charge in [-0.25, -0.2) is 0 Å². The van der Waals surface area contributed by atoms with Gasteiger partial charge in [0.25, 0.3) is 17.4 Å². The Labute approximate surface area is 352 Å². The van der Waals surface area contributed by atoms with E-state index in [1.165, 1.54) is 6.07 Å². The zero-order valence-electron chi connectivity index (χ0n) is 34.8. The van der Waals surface area contributed by atoms with Crippen LogP contribution >= 0.6 is 0 Å². The van der Waals surface area contributed by atoms with Gasteiger partial charge in [-0.05, 0) is 85.3 Å². The summed E-state index contributed by atoms with van der Waals surface area (Å²) in [5, 5.41) is 3.55. The number of ether oxygens (including phenoxy) is 4. The second-order valence-electron chi connectivity index (χ2n) is 16.4. The summed E-state index contributed by atoms with van der Waals surface area (Å²) in [7, 11) is 7.16. The zero-order chi connectivity index (χ0) is 42.9. The molecule has 0 bridgehead atoms. The number of amides is 5. The molecule has 5 heterocycles. The van der Waals surface area contributed by atoms with Crippen molar-refractivity contribution in [3.8, 4) is 28.4 Å². The van der Waals surface area contributed by atoms with Gasteiger partial charge in [0, 0.05) is 63.8 Å². The number of likely N-dealkylation sites (tertiary alicyclic amines) is 1. The second-order valence-corrected chi connectivity index (χ2v) is 16.4. The Morgan fingerprint density at radius 2 is 1.64 bits per heavy atom. The molecule has 2 aromatic carbocycles. The second kappa shape index (κ2) is 17.5. The van der Waals surface area contributed by atoms with Crippen molar-refractivity contribution in [2.24, 2.45) is 24.8 Å². The molecule has 5 amide bonds. The Hall–Kier alpha value is -6.13. The van der Waals surface area contributed by atoms with Crippen molar-refractivity contribution >= 4 is 40.3 Å². The molecule has 4 aromatic rings. The summed E-state index contributed by atoms with van der Waals surface area (Å²) < 4.78 is 25.0. The number of carbonyl (C=O) groups excluding carboxylic acids is 5. The molecule has 3 unspecified atom stereocenters. The lowest BCUT2D eigenvalue weighted by Gasteiger charge is -2.27. The number of hydrogen-bond donors (Lipinski definition) is 1. The predicted molar refractivity (Wildman–Crippen MR) is 222 cm³/mol. The third kappa shape index (κ3) is 8.21. The van der Waals surface area contributed by atoms with E-state index in [1.807, 2.05) is 29.3 Å². The first-order valence-corrected chi connectivity index (χ1v) is 20.7. The van der Waals surface area contributed by atoms with Crippen molar-refractivity contribution in [3.05, 3.63) is 82.0 Å². The van der Waals surface area contributed by atoms with Gasteiger partial charge in [0.05, 0.1) is 55.9 Å². The van der Waals surface area contributed by atoms with E-state index < -0.39 is 29.7 Å². The summed E-state index contributed by atoms with van der Waals surface area (Å²) in [6.07, 6.45) is 7.58. The zero-order valence-corrected chi connectivity index (χ0v) is 34.8. The van der Waals surface area contributed by atoms with Crippen LogP contribution in [0.15, 0.2) is 59.8 Å². The van der Waals surface area contributed by atoms with Gasteiger partial charge in [-0.1, -0.05) is 6.07 Å². The molecule has 1 aliphatic carbocycles. The summed E-state index contributed by atoms with van der Waals surface area (Å²) in [6, 6.07) is 9.49. The molecule has 3 atom stereocenters. The minimum absolute atomic E-state index is 0.0375. The Kier molecular flexibility index (Phi) is 11.9. The average molecular weight is 835 g/mol. The highest BCUT2D eigenvalue weighted by Crippen LogP contribution is 2.43. The smallest absolute Gasteiger partial charge is 0.266 e. The molecule has 8 rings (SSSR count). The van der Waals surface area contributed by atoms with Gasteiger partial charge in [0.15, 0.2) is 0 Å². The molecule has 1 saturated carbocycles. The Morgan fingerprint density at radius 1 is 0.902 bits per heavy atom. The summed E-state index contributed by atoms with van der Waals surface area (Å²) in [5.74, 6) is 0.758. The van der Waals surface area contributed by atoms with Crippen molar-refractivity contribution < 1.29 is 42.9 Å². The molecular weight excluding hydrogens is 785 g/mol. The van der Waals surface area contributed by atoms with Gasteiger partial charge in [0.2, 0.25) is 17.7 Å².